The summed E-state index contributed by atoms with van der Waals surface area (Å²) in [4.78, 5) is 0. The van der Waals surface area contributed by atoms with Gasteiger partial charge in [-0.25, -0.2) is 0 Å². The summed E-state index contributed by atoms with van der Waals surface area (Å²) in [6.07, 6.45) is 0. The first-order valence-electron chi connectivity index (χ1n) is 9.51. The summed E-state index contributed by atoms with van der Waals surface area (Å²) < 4.78 is 23.0. The normalized spacial score (nSPS) is 11.9. The third-order valence-electron chi connectivity index (χ3n) is 4.91. The van der Waals surface area contributed by atoms with Gasteiger partial charge in [0.15, 0.2) is 0 Å². The van der Waals surface area contributed by atoms with E-state index >= 15 is 0 Å². The van der Waals surface area contributed by atoms with Crippen molar-refractivity contribution in [2.45, 2.75) is 52.4 Å². The molecule has 4 nitrogen and oxygen atoms in total. The van der Waals surface area contributed by atoms with Crippen LogP contribution < -0.4 is 18.9 Å². The van der Waals surface area contributed by atoms with E-state index in [1.165, 1.54) is 0 Å². The highest BCUT2D eigenvalue weighted by molar-refractivity contribution is 5.81. The van der Waals surface area contributed by atoms with Crippen molar-refractivity contribution in [2.75, 3.05) is 28.4 Å². The lowest BCUT2D eigenvalue weighted by Gasteiger charge is -2.28. The van der Waals surface area contributed by atoms with E-state index < -0.39 is 0 Å². The topological polar surface area (TPSA) is 36.9 Å². The predicted molar refractivity (Wildman–Crippen MR) is 115 cm³/mol. The molecule has 0 bridgehead atoms. The van der Waals surface area contributed by atoms with Gasteiger partial charge >= 0.3 is 0 Å². The quantitative estimate of drug-likeness (QED) is 0.633. The molecule has 0 heterocycles. The molecule has 2 aromatic rings. The molecule has 0 aliphatic rings. The van der Waals surface area contributed by atoms with Crippen LogP contribution in [0.15, 0.2) is 24.3 Å². The SMILES string of the molecule is COc1cc(-c2cc(OC)cc(C(C)(C)C)c2OC)c(OC)c(C(C)(C)C)c1. The molecule has 0 fully saturated rings. The fourth-order valence-corrected chi connectivity index (χ4v) is 3.39. The summed E-state index contributed by atoms with van der Waals surface area (Å²) in [6.45, 7) is 13.0. The van der Waals surface area contributed by atoms with Crippen LogP contribution in [0, 0.1) is 0 Å². The first-order valence-corrected chi connectivity index (χ1v) is 9.51. The Morgan fingerprint density at radius 2 is 0.821 bits per heavy atom. The van der Waals surface area contributed by atoms with Crippen LogP contribution in [0.5, 0.6) is 23.0 Å². The Balaban J connectivity index is 2.98. The van der Waals surface area contributed by atoms with E-state index in [0.29, 0.717) is 0 Å². The van der Waals surface area contributed by atoms with Crippen LogP contribution in [0.4, 0.5) is 0 Å². The monoisotopic (exact) mass is 386 g/mol. The minimum atomic E-state index is -0.117. The molecule has 0 saturated heterocycles. The van der Waals surface area contributed by atoms with Crippen molar-refractivity contribution < 1.29 is 18.9 Å². The van der Waals surface area contributed by atoms with Gasteiger partial charge in [-0.15, -0.1) is 0 Å². The van der Waals surface area contributed by atoms with E-state index in [4.69, 9.17) is 18.9 Å². The molecule has 0 aliphatic carbocycles. The molecule has 0 unspecified atom stereocenters. The highest BCUT2D eigenvalue weighted by Gasteiger charge is 2.28. The molecule has 154 valence electrons. The van der Waals surface area contributed by atoms with Crippen LogP contribution in [0.2, 0.25) is 0 Å². The number of rotatable bonds is 5. The molecule has 2 aromatic carbocycles. The fraction of sp³-hybridized carbons (Fsp3) is 0.500. The van der Waals surface area contributed by atoms with Gasteiger partial charge in [-0.3, -0.25) is 0 Å². The molecule has 28 heavy (non-hydrogen) atoms. The summed E-state index contributed by atoms with van der Waals surface area (Å²) in [5.41, 5.74) is 3.76. The zero-order valence-electron chi connectivity index (χ0n) is 18.9. The second kappa shape index (κ2) is 7.94. The van der Waals surface area contributed by atoms with Crippen LogP contribution in [-0.2, 0) is 10.8 Å². The minimum absolute atomic E-state index is 0.117. The van der Waals surface area contributed by atoms with Gasteiger partial charge in [-0.2, -0.15) is 0 Å². The minimum Gasteiger partial charge on any atom is -0.497 e. The van der Waals surface area contributed by atoms with E-state index in [1.54, 1.807) is 28.4 Å². The second-order valence-corrected chi connectivity index (χ2v) is 9.01. The Morgan fingerprint density at radius 3 is 1.04 bits per heavy atom. The highest BCUT2D eigenvalue weighted by atomic mass is 16.5. The van der Waals surface area contributed by atoms with Crippen LogP contribution in [0.25, 0.3) is 11.1 Å². The van der Waals surface area contributed by atoms with Gasteiger partial charge in [-0.05, 0) is 35.1 Å². The van der Waals surface area contributed by atoms with Gasteiger partial charge in [0.1, 0.15) is 23.0 Å². The number of benzene rings is 2. The number of hydrogen-bond donors (Lipinski definition) is 0. The molecule has 0 atom stereocenters. The van der Waals surface area contributed by atoms with E-state index in [1.807, 2.05) is 24.3 Å². The molecule has 0 N–H and O–H groups in total. The lowest BCUT2D eigenvalue weighted by atomic mass is 9.81. The van der Waals surface area contributed by atoms with Crippen LogP contribution in [0.3, 0.4) is 0 Å². The van der Waals surface area contributed by atoms with Crippen molar-refractivity contribution in [3.63, 3.8) is 0 Å². The summed E-state index contributed by atoms with van der Waals surface area (Å²) >= 11 is 0. The van der Waals surface area contributed by atoms with Gasteiger partial charge in [-0.1, -0.05) is 41.5 Å². The number of hydrogen-bond acceptors (Lipinski definition) is 4. The average molecular weight is 387 g/mol. The Morgan fingerprint density at radius 1 is 0.500 bits per heavy atom. The van der Waals surface area contributed by atoms with Crippen molar-refractivity contribution in [2.24, 2.45) is 0 Å². The maximum absolute atomic E-state index is 5.90. The summed E-state index contributed by atoms with van der Waals surface area (Å²) in [5.74, 6) is 3.20. The average Bonchev–Trinajstić information content (AvgIpc) is 2.64. The summed E-state index contributed by atoms with van der Waals surface area (Å²) in [5, 5.41) is 0. The van der Waals surface area contributed by atoms with Crippen molar-refractivity contribution in [3.8, 4) is 34.1 Å². The Hall–Kier alpha value is -2.36. The molecule has 4 heteroatoms. The van der Waals surface area contributed by atoms with Gasteiger partial charge in [0, 0.05) is 22.3 Å². The van der Waals surface area contributed by atoms with Crippen molar-refractivity contribution in [1.29, 1.82) is 0 Å². The molecule has 0 aromatic heterocycles. The van der Waals surface area contributed by atoms with Gasteiger partial charge in [0.25, 0.3) is 0 Å². The highest BCUT2D eigenvalue weighted by Crippen LogP contribution is 2.48. The zero-order valence-corrected chi connectivity index (χ0v) is 18.9. The maximum Gasteiger partial charge on any atom is 0.130 e. The van der Waals surface area contributed by atoms with Gasteiger partial charge in [0.2, 0.25) is 0 Å². The van der Waals surface area contributed by atoms with Crippen molar-refractivity contribution in [1.82, 2.24) is 0 Å². The number of ether oxygens (including phenoxy) is 4. The van der Waals surface area contributed by atoms with E-state index in [9.17, 15) is 0 Å². The first-order chi connectivity index (χ1) is 13.0. The second-order valence-electron chi connectivity index (χ2n) is 9.01. The lowest BCUT2D eigenvalue weighted by Crippen LogP contribution is -2.15. The van der Waals surface area contributed by atoms with Crippen molar-refractivity contribution in [3.05, 3.63) is 35.4 Å². The van der Waals surface area contributed by atoms with Gasteiger partial charge in [0.05, 0.1) is 28.4 Å². The molecule has 0 radical (unpaired) electrons. The zero-order chi connectivity index (χ0) is 21.3. The van der Waals surface area contributed by atoms with E-state index in [0.717, 1.165) is 45.3 Å². The maximum atomic E-state index is 5.90. The largest absolute Gasteiger partial charge is 0.497 e. The van der Waals surface area contributed by atoms with Crippen molar-refractivity contribution >= 4 is 0 Å². The number of methoxy groups -OCH3 is 4. The lowest BCUT2D eigenvalue weighted by molar-refractivity contribution is 0.383. The van der Waals surface area contributed by atoms with E-state index in [-0.39, 0.29) is 10.8 Å². The first kappa shape index (κ1) is 21.9. The third kappa shape index (κ3) is 4.21. The third-order valence-corrected chi connectivity index (χ3v) is 4.91. The summed E-state index contributed by atoms with van der Waals surface area (Å²) in [7, 11) is 6.78. The summed E-state index contributed by atoms with van der Waals surface area (Å²) in [6, 6.07) is 8.08. The predicted octanol–water partition coefficient (Wildman–Crippen LogP) is 5.98. The smallest absolute Gasteiger partial charge is 0.130 e. The molecule has 0 amide bonds. The fourth-order valence-electron chi connectivity index (χ4n) is 3.39. The standard InChI is InChI=1S/C24H34O4/c1-23(2,3)19-13-15(25-7)11-17(21(19)27-9)18-12-16(26-8)14-20(22(18)28-10)24(4,5)6/h11-14H,1-10H3. The Bertz CT molecular complexity index is 768. The molecule has 0 spiro atoms. The van der Waals surface area contributed by atoms with Crippen LogP contribution >= 0.6 is 0 Å². The Kier molecular flexibility index (Phi) is 6.22. The molecular weight excluding hydrogens is 352 g/mol. The molecule has 2 rings (SSSR count). The van der Waals surface area contributed by atoms with E-state index in [2.05, 4.69) is 41.5 Å². The van der Waals surface area contributed by atoms with Crippen LogP contribution in [0.1, 0.15) is 52.7 Å². The van der Waals surface area contributed by atoms with Crippen LogP contribution in [-0.4, -0.2) is 28.4 Å². The Labute approximate surface area is 169 Å². The molecule has 0 saturated carbocycles. The van der Waals surface area contributed by atoms with Gasteiger partial charge < -0.3 is 18.9 Å². The molecular formula is C24H34O4. The molecule has 0 aliphatic heterocycles.